The van der Waals surface area contributed by atoms with Crippen LogP contribution in [0.1, 0.15) is 50.4 Å². The molecule has 0 amide bonds. The van der Waals surface area contributed by atoms with Gasteiger partial charge in [-0.05, 0) is 25.7 Å². The molecule has 0 aromatic carbocycles. The summed E-state index contributed by atoms with van der Waals surface area (Å²) in [4.78, 5) is 4.29. The fourth-order valence-electron chi connectivity index (χ4n) is 2.67. The third-order valence-electron chi connectivity index (χ3n) is 3.74. The molecule has 3 atom stereocenters. The fraction of sp³-hybridized carbons (Fsp3) is 0.846. The molecule has 0 radical (unpaired) electrons. The summed E-state index contributed by atoms with van der Waals surface area (Å²) in [6, 6.07) is 0.321. The van der Waals surface area contributed by atoms with E-state index in [2.05, 4.69) is 15.5 Å². The van der Waals surface area contributed by atoms with Crippen molar-refractivity contribution in [3.63, 3.8) is 0 Å². The molecule has 1 aromatic heterocycles. The number of hydrogen-bond donors (Lipinski definition) is 2. The summed E-state index contributed by atoms with van der Waals surface area (Å²) in [6.07, 6.45) is 4.59. The number of nitrogens with zero attached hydrogens (tertiary/aromatic N) is 2. The lowest BCUT2D eigenvalue weighted by Gasteiger charge is -2.32. The van der Waals surface area contributed by atoms with E-state index in [-0.39, 0.29) is 12.6 Å². The second-order valence-electron chi connectivity index (χ2n) is 5.20. The Hall–Kier alpha value is -0.980. The zero-order valence-corrected chi connectivity index (χ0v) is 11.6. The molecule has 1 aliphatic rings. The Kier molecular flexibility index (Phi) is 5.30. The highest BCUT2D eigenvalue weighted by molar-refractivity contribution is 4.93. The Labute approximate surface area is 113 Å². The fourth-order valence-corrected chi connectivity index (χ4v) is 2.67. The Balaban J connectivity index is 1.92. The predicted octanol–water partition coefficient (Wildman–Crippen LogP) is 1.42. The highest BCUT2D eigenvalue weighted by Crippen LogP contribution is 2.26. The lowest BCUT2D eigenvalue weighted by atomic mass is 9.84. The summed E-state index contributed by atoms with van der Waals surface area (Å²) in [5.41, 5.74) is 0. The molecule has 1 aromatic rings. The minimum atomic E-state index is -0.00439. The molecule has 0 unspecified atom stereocenters. The molecule has 19 heavy (non-hydrogen) atoms. The standard InChI is InChI=1S/C13H23N3O3/c1-9(13-15-12(8-18-2)16-19-13)14-11-6-4-3-5-10(11)7-17/h9-11,14,17H,3-8H2,1-2H3/t9-,10+,11-/m0/s1. The molecule has 1 heterocycles. The Morgan fingerprint density at radius 1 is 1.47 bits per heavy atom. The van der Waals surface area contributed by atoms with Gasteiger partial charge in [0, 0.05) is 19.8 Å². The lowest BCUT2D eigenvalue weighted by molar-refractivity contribution is 0.143. The van der Waals surface area contributed by atoms with Crippen LogP contribution in [0, 0.1) is 5.92 Å². The van der Waals surface area contributed by atoms with Crippen molar-refractivity contribution in [3.05, 3.63) is 11.7 Å². The van der Waals surface area contributed by atoms with Crippen LogP contribution in [-0.2, 0) is 11.3 Å². The topological polar surface area (TPSA) is 80.4 Å². The van der Waals surface area contributed by atoms with Gasteiger partial charge >= 0.3 is 0 Å². The molecule has 0 spiro atoms. The first-order chi connectivity index (χ1) is 9.24. The molecular weight excluding hydrogens is 246 g/mol. The summed E-state index contributed by atoms with van der Waals surface area (Å²) < 4.78 is 10.2. The highest BCUT2D eigenvalue weighted by atomic mass is 16.5. The molecule has 6 nitrogen and oxygen atoms in total. The van der Waals surface area contributed by atoms with Gasteiger partial charge in [-0.2, -0.15) is 4.98 Å². The number of rotatable bonds is 6. The van der Waals surface area contributed by atoms with Crippen LogP contribution < -0.4 is 5.32 Å². The van der Waals surface area contributed by atoms with Gasteiger partial charge in [0.05, 0.1) is 6.04 Å². The molecule has 2 N–H and O–H groups in total. The van der Waals surface area contributed by atoms with E-state index in [0.717, 1.165) is 12.8 Å². The monoisotopic (exact) mass is 269 g/mol. The van der Waals surface area contributed by atoms with Crippen molar-refractivity contribution >= 4 is 0 Å². The first-order valence-electron chi connectivity index (χ1n) is 6.93. The first-order valence-corrected chi connectivity index (χ1v) is 6.93. The zero-order chi connectivity index (χ0) is 13.7. The van der Waals surface area contributed by atoms with Crippen molar-refractivity contribution in [2.24, 2.45) is 5.92 Å². The zero-order valence-electron chi connectivity index (χ0n) is 11.6. The van der Waals surface area contributed by atoms with E-state index in [4.69, 9.17) is 9.26 Å². The molecule has 1 saturated carbocycles. The van der Waals surface area contributed by atoms with Gasteiger partial charge in [0.15, 0.2) is 5.82 Å². The maximum atomic E-state index is 9.41. The number of aliphatic hydroxyl groups is 1. The van der Waals surface area contributed by atoms with Crippen LogP contribution in [0.25, 0.3) is 0 Å². The molecular formula is C13H23N3O3. The Morgan fingerprint density at radius 3 is 3.00 bits per heavy atom. The third-order valence-corrected chi connectivity index (χ3v) is 3.74. The number of nitrogens with one attached hydrogen (secondary N) is 1. The van der Waals surface area contributed by atoms with Crippen LogP contribution in [-0.4, -0.2) is 35.0 Å². The summed E-state index contributed by atoms with van der Waals surface area (Å²) in [7, 11) is 1.60. The van der Waals surface area contributed by atoms with E-state index in [1.54, 1.807) is 7.11 Å². The first kappa shape index (κ1) is 14.4. The number of hydrogen-bond acceptors (Lipinski definition) is 6. The predicted molar refractivity (Wildman–Crippen MR) is 69.4 cm³/mol. The van der Waals surface area contributed by atoms with Gasteiger partial charge in [-0.25, -0.2) is 0 Å². The molecule has 1 aliphatic carbocycles. The van der Waals surface area contributed by atoms with Gasteiger partial charge in [0.25, 0.3) is 0 Å². The Bertz CT molecular complexity index is 383. The second-order valence-corrected chi connectivity index (χ2v) is 5.20. The van der Waals surface area contributed by atoms with Crippen LogP contribution >= 0.6 is 0 Å². The van der Waals surface area contributed by atoms with Crippen molar-refractivity contribution in [1.82, 2.24) is 15.5 Å². The van der Waals surface area contributed by atoms with Crippen molar-refractivity contribution in [1.29, 1.82) is 0 Å². The molecule has 0 saturated heterocycles. The van der Waals surface area contributed by atoms with E-state index in [1.165, 1.54) is 12.8 Å². The average Bonchev–Trinajstić information content (AvgIpc) is 2.88. The summed E-state index contributed by atoms with van der Waals surface area (Å²) in [5, 5.41) is 16.8. The molecule has 108 valence electrons. The van der Waals surface area contributed by atoms with Gasteiger partial charge in [-0.1, -0.05) is 18.0 Å². The van der Waals surface area contributed by atoms with Gasteiger partial charge in [-0.15, -0.1) is 0 Å². The van der Waals surface area contributed by atoms with E-state index in [1.807, 2.05) is 6.92 Å². The Morgan fingerprint density at radius 2 is 2.26 bits per heavy atom. The van der Waals surface area contributed by atoms with Crippen molar-refractivity contribution in [3.8, 4) is 0 Å². The molecule has 1 fully saturated rings. The second kappa shape index (κ2) is 6.98. The van der Waals surface area contributed by atoms with E-state index < -0.39 is 0 Å². The van der Waals surface area contributed by atoms with Crippen molar-refractivity contribution < 1.29 is 14.4 Å². The van der Waals surface area contributed by atoms with E-state index in [0.29, 0.717) is 30.3 Å². The number of ether oxygens (including phenoxy) is 1. The molecule has 0 bridgehead atoms. The van der Waals surface area contributed by atoms with Crippen LogP contribution in [0.3, 0.4) is 0 Å². The SMILES string of the molecule is COCc1noc([C@H](C)N[C@H]2CCCC[C@@H]2CO)n1. The van der Waals surface area contributed by atoms with E-state index in [9.17, 15) is 5.11 Å². The third kappa shape index (κ3) is 3.75. The number of aromatic nitrogens is 2. The normalized spacial score (nSPS) is 25.4. The summed E-state index contributed by atoms with van der Waals surface area (Å²) >= 11 is 0. The number of methoxy groups -OCH3 is 1. The number of aliphatic hydroxyl groups excluding tert-OH is 1. The van der Waals surface area contributed by atoms with Gasteiger partial charge in [0.1, 0.15) is 6.61 Å². The largest absolute Gasteiger partial charge is 0.396 e. The molecule has 0 aliphatic heterocycles. The van der Waals surface area contributed by atoms with Crippen LogP contribution in [0.5, 0.6) is 0 Å². The minimum absolute atomic E-state index is 0.00439. The minimum Gasteiger partial charge on any atom is -0.396 e. The van der Waals surface area contributed by atoms with Crippen LogP contribution in [0.2, 0.25) is 0 Å². The van der Waals surface area contributed by atoms with Gasteiger partial charge < -0.3 is 19.7 Å². The average molecular weight is 269 g/mol. The van der Waals surface area contributed by atoms with E-state index >= 15 is 0 Å². The summed E-state index contributed by atoms with van der Waals surface area (Å²) in [5.74, 6) is 1.47. The summed E-state index contributed by atoms with van der Waals surface area (Å²) in [6.45, 7) is 2.61. The smallest absolute Gasteiger partial charge is 0.243 e. The van der Waals surface area contributed by atoms with Gasteiger partial charge in [-0.3, -0.25) is 0 Å². The maximum Gasteiger partial charge on any atom is 0.243 e. The van der Waals surface area contributed by atoms with Crippen LogP contribution in [0.15, 0.2) is 4.52 Å². The molecule has 2 rings (SSSR count). The van der Waals surface area contributed by atoms with Crippen molar-refractivity contribution in [2.45, 2.75) is 51.3 Å². The lowest BCUT2D eigenvalue weighted by Crippen LogP contribution is -2.41. The quantitative estimate of drug-likeness (QED) is 0.813. The maximum absolute atomic E-state index is 9.41. The van der Waals surface area contributed by atoms with Gasteiger partial charge in [0.2, 0.25) is 5.89 Å². The van der Waals surface area contributed by atoms with Crippen molar-refractivity contribution in [2.75, 3.05) is 13.7 Å². The molecule has 6 heteroatoms. The highest BCUT2D eigenvalue weighted by Gasteiger charge is 2.27. The van der Waals surface area contributed by atoms with Crippen LogP contribution in [0.4, 0.5) is 0 Å².